The van der Waals surface area contributed by atoms with Gasteiger partial charge in [0.2, 0.25) is 0 Å². The predicted molar refractivity (Wildman–Crippen MR) is 130 cm³/mol. The summed E-state index contributed by atoms with van der Waals surface area (Å²) in [5.74, 6) is 0.867. The van der Waals surface area contributed by atoms with Gasteiger partial charge in [0.1, 0.15) is 0 Å². The van der Waals surface area contributed by atoms with Crippen molar-refractivity contribution in [3.05, 3.63) is 130 Å². The van der Waals surface area contributed by atoms with Crippen molar-refractivity contribution in [2.24, 2.45) is 11.8 Å². The van der Waals surface area contributed by atoms with Crippen LogP contribution in [-0.4, -0.2) is 0 Å². The minimum atomic E-state index is 0.428. The van der Waals surface area contributed by atoms with Gasteiger partial charge in [-0.15, -0.1) is 0 Å². The maximum Gasteiger partial charge on any atom is 0.00627 e. The molecule has 30 heavy (non-hydrogen) atoms. The van der Waals surface area contributed by atoms with Gasteiger partial charge in [0, 0.05) is 11.8 Å². The van der Waals surface area contributed by atoms with Gasteiger partial charge in [-0.25, -0.2) is 0 Å². The molecule has 0 saturated carbocycles. The van der Waals surface area contributed by atoms with E-state index in [1.807, 2.05) is 0 Å². The summed E-state index contributed by atoms with van der Waals surface area (Å²) < 4.78 is 0. The number of hydrogen-bond acceptors (Lipinski definition) is 0. The largest absolute Gasteiger partial charge is 0.0836 e. The first-order valence-corrected chi connectivity index (χ1v) is 10.9. The van der Waals surface area contributed by atoms with Crippen LogP contribution >= 0.6 is 0 Å². The standard InChI is InChI=1S/C30H26/c1-3-7-23(8-4-1)11-13-25-15-17-27-22-30-20-26(14-12-24-9-5-2-6-10-24)16-18-28(30)21-29(27)19-25/h1,3-5,7-22,27,29H,2,6H2. The van der Waals surface area contributed by atoms with Crippen molar-refractivity contribution in [2.75, 3.05) is 0 Å². The molecule has 2 aromatic carbocycles. The summed E-state index contributed by atoms with van der Waals surface area (Å²) in [7, 11) is 0. The minimum Gasteiger partial charge on any atom is -0.0836 e. The third-order valence-electron chi connectivity index (χ3n) is 5.95. The Kier molecular flexibility index (Phi) is 5.31. The van der Waals surface area contributed by atoms with Gasteiger partial charge in [-0.2, -0.15) is 0 Å². The molecular weight excluding hydrogens is 360 g/mol. The molecule has 0 nitrogen and oxygen atoms in total. The third kappa shape index (κ3) is 4.28. The van der Waals surface area contributed by atoms with E-state index in [0.29, 0.717) is 11.8 Å². The van der Waals surface area contributed by atoms with E-state index in [-0.39, 0.29) is 0 Å². The normalized spacial score (nSPS) is 22.1. The zero-order valence-corrected chi connectivity index (χ0v) is 17.1. The molecule has 0 bridgehead atoms. The van der Waals surface area contributed by atoms with Gasteiger partial charge in [0.05, 0.1) is 0 Å². The maximum atomic E-state index is 2.42. The first-order chi connectivity index (χ1) is 14.8. The molecule has 0 fully saturated rings. The molecule has 146 valence electrons. The summed E-state index contributed by atoms with van der Waals surface area (Å²) >= 11 is 0. The topological polar surface area (TPSA) is 0 Å². The van der Waals surface area contributed by atoms with Crippen molar-refractivity contribution in [2.45, 2.75) is 12.8 Å². The van der Waals surface area contributed by atoms with E-state index in [2.05, 4.69) is 121 Å². The first-order valence-electron chi connectivity index (χ1n) is 10.9. The molecule has 0 N–H and O–H groups in total. The Bertz CT molecular complexity index is 1230. The molecule has 0 aromatic heterocycles. The van der Waals surface area contributed by atoms with E-state index in [9.17, 15) is 0 Å². The lowest BCUT2D eigenvalue weighted by molar-refractivity contribution is 0.719. The van der Waals surface area contributed by atoms with E-state index in [1.54, 1.807) is 0 Å². The number of rotatable bonds is 4. The molecular formula is C30H26. The summed E-state index contributed by atoms with van der Waals surface area (Å²) in [6.45, 7) is 0. The van der Waals surface area contributed by atoms with Crippen molar-refractivity contribution in [1.82, 2.24) is 0 Å². The zero-order valence-electron chi connectivity index (χ0n) is 17.1. The Labute approximate surface area is 179 Å². The Morgan fingerprint density at radius 3 is 2.33 bits per heavy atom. The molecule has 3 aliphatic carbocycles. The average Bonchev–Trinajstić information content (AvgIpc) is 2.81. The van der Waals surface area contributed by atoms with Crippen LogP contribution in [0, 0.1) is 11.8 Å². The van der Waals surface area contributed by atoms with Gasteiger partial charge < -0.3 is 0 Å². The Morgan fingerprint density at radius 2 is 1.47 bits per heavy atom. The molecule has 2 aromatic rings. The molecule has 0 radical (unpaired) electrons. The molecule has 0 heteroatoms. The summed E-state index contributed by atoms with van der Waals surface area (Å²) in [5, 5.41) is 2.68. The second kappa shape index (κ2) is 8.55. The average molecular weight is 387 g/mol. The fourth-order valence-corrected chi connectivity index (χ4v) is 4.29. The van der Waals surface area contributed by atoms with Crippen LogP contribution in [0.3, 0.4) is 0 Å². The highest BCUT2D eigenvalue weighted by Gasteiger charge is 2.18. The van der Waals surface area contributed by atoms with E-state index < -0.39 is 0 Å². The smallest absolute Gasteiger partial charge is 0.00627 e. The fourth-order valence-electron chi connectivity index (χ4n) is 4.29. The molecule has 3 aliphatic rings. The van der Waals surface area contributed by atoms with E-state index in [0.717, 1.165) is 12.8 Å². The van der Waals surface area contributed by atoms with Gasteiger partial charge in [-0.05, 0) is 51.6 Å². The van der Waals surface area contributed by atoms with Crippen molar-refractivity contribution in [3.63, 3.8) is 0 Å². The summed E-state index contributed by atoms with van der Waals surface area (Å²) in [6.07, 6.45) is 29.8. The minimum absolute atomic E-state index is 0.428. The predicted octanol–water partition coefficient (Wildman–Crippen LogP) is 5.99. The maximum absolute atomic E-state index is 2.42. The van der Waals surface area contributed by atoms with Gasteiger partial charge in [-0.1, -0.05) is 115 Å². The quantitative estimate of drug-likeness (QED) is 0.605. The second-order valence-corrected chi connectivity index (χ2v) is 8.16. The van der Waals surface area contributed by atoms with Crippen LogP contribution in [0.15, 0.2) is 108 Å². The molecule has 0 aliphatic heterocycles. The van der Waals surface area contributed by atoms with Crippen LogP contribution in [0.2, 0.25) is 0 Å². The van der Waals surface area contributed by atoms with Crippen LogP contribution in [0.5, 0.6) is 0 Å². The molecule has 0 amide bonds. The third-order valence-corrected chi connectivity index (χ3v) is 5.95. The van der Waals surface area contributed by atoms with Gasteiger partial charge in [0.25, 0.3) is 0 Å². The highest BCUT2D eigenvalue weighted by molar-refractivity contribution is 5.60. The lowest BCUT2D eigenvalue weighted by Gasteiger charge is -2.23. The van der Waals surface area contributed by atoms with Crippen molar-refractivity contribution < 1.29 is 0 Å². The van der Waals surface area contributed by atoms with Crippen LogP contribution in [-0.2, 0) is 0 Å². The molecule has 0 saturated heterocycles. The lowest BCUT2D eigenvalue weighted by Crippen LogP contribution is -2.32. The highest BCUT2D eigenvalue weighted by Crippen LogP contribution is 2.27. The zero-order chi connectivity index (χ0) is 20.2. The van der Waals surface area contributed by atoms with Crippen LogP contribution in [0.1, 0.15) is 24.0 Å². The highest BCUT2D eigenvalue weighted by atomic mass is 14.2. The number of hydrogen-bond donors (Lipinski definition) is 0. The van der Waals surface area contributed by atoms with Crippen molar-refractivity contribution >= 4 is 24.3 Å². The molecule has 0 heterocycles. The van der Waals surface area contributed by atoms with Crippen LogP contribution in [0.4, 0.5) is 0 Å². The molecule has 2 atom stereocenters. The van der Waals surface area contributed by atoms with E-state index >= 15 is 0 Å². The molecule has 0 spiro atoms. The molecule has 2 unspecified atom stereocenters. The number of allylic oxidation sites excluding steroid dienone is 10. The van der Waals surface area contributed by atoms with Gasteiger partial charge in [-0.3, -0.25) is 0 Å². The second-order valence-electron chi connectivity index (χ2n) is 8.16. The Hall–Kier alpha value is -3.38. The van der Waals surface area contributed by atoms with Crippen LogP contribution < -0.4 is 10.4 Å². The first kappa shape index (κ1) is 18.6. The van der Waals surface area contributed by atoms with E-state index in [4.69, 9.17) is 0 Å². The van der Waals surface area contributed by atoms with E-state index in [1.165, 1.54) is 32.7 Å². The Balaban J connectivity index is 1.37. The monoisotopic (exact) mass is 386 g/mol. The van der Waals surface area contributed by atoms with Crippen molar-refractivity contribution in [1.29, 1.82) is 0 Å². The number of benzene rings is 2. The Morgan fingerprint density at radius 1 is 0.633 bits per heavy atom. The van der Waals surface area contributed by atoms with Crippen LogP contribution in [0.25, 0.3) is 24.3 Å². The van der Waals surface area contributed by atoms with Gasteiger partial charge >= 0.3 is 0 Å². The van der Waals surface area contributed by atoms with Crippen molar-refractivity contribution in [3.8, 4) is 0 Å². The SMILES string of the molecule is C1=CC(C=Cc2ccc3c(c2)=CC2C=CC(C=Cc4ccccc4)=CC2C=3)=CCC1. The summed E-state index contributed by atoms with van der Waals surface area (Å²) in [6, 6.07) is 17.3. The van der Waals surface area contributed by atoms with Gasteiger partial charge in [0.15, 0.2) is 0 Å². The fraction of sp³-hybridized carbons (Fsp3) is 0.133. The summed E-state index contributed by atoms with van der Waals surface area (Å²) in [4.78, 5) is 0. The lowest BCUT2D eigenvalue weighted by atomic mass is 9.81. The summed E-state index contributed by atoms with van der Waals surface area (Å²) in [5.41, 5.74) is 5.09. The molecule has 5 rings (SSSR count). The number of fused-ring (bicyclic) bond motifs is 2.